The van der Waals surface area contributed by atoms with E-state index in [0.29, 0.717) is 0 Å². The average molecular weight is 163 g/mol. The zero-order valence-corrected chi connectivity index (χ0v) is 7.65. The van der Waals surface area contributed by atoms with E-state index in [-0.39, 0.29) is 0 Å². The second-order valence-electron chi connectivity index (χ2n) is 2.45. The van der Waals surface area contributed by atoms with Gasteiger partial charge in [0, 0.05) is 0 Å². The van der Waals surface area contributed by atoms with Gasteiger partial charge in [0.05, 0.1) is 5.70 Å². The maximum Gasteiger partial charge on any atom is 0.147 e. The van der Waals surface area contributed by atoms with Gasteiger partial charge < -0.3 is 0 Å². The number of hydrogen-bond donors (Lipinski definition) is 0. The maximum atomic E-state index is 4.19. The van der Waals surface area contributed by atoms with Crippen LogP contribution in [-0.2, 0) is 0 Å². The van der Waals surface area contributed by atoms with Crippen LogP contribution in [0.25, 0.3) is 5.70 Å². The Labute approximate surface area is 72.4 Å². The lowest BCUT2D eigenvalue weighted by Gasteiger charge is -1.98. The van der Waals surface area contributed by atoms with Gasteiger partial charge in [-0.05, 0) is 26.8 Å². The molecule has 0 saturated carbocycles. The Balaban J connectivity index is 2.96. The van der Waals surface area contributed by atoms with Crippen LogP contribution in [0.3, 0.4) is 0 Å². The van der Waals surface area contributed by atoms with Gasteiger partial charge in [-0.15, -0.1) is 0 Å². The van der Waals surface area contributed by atoms with Crippen molar-refractivity contribution in [2.24, 2.45) is 0 Å². The number of aromatic nitrogens is 3. The van der Waals surface area contributed by atoms with Gasteiger partial charge in [0.2, 0.25) is 0 Å². The number of rotatable bonds is 2. The highest BCUT2D eigenvalue weighted by atomic mass is 15.3. The lowest BCUT2D eigenvalue weighted by Crippen LogP contribution is -1.94. The van der Waals surface area contributed by atoms with E-state index >= 15 is 0 Å². The van der Waals surface area contributed by atoms with Crippen LogP contribution in [0.1, 0.15) is 19.7 Å². The van der Waals surface area contributed by atoms with Gasteiger partial charge in [0.1, 0.15) is 12.2 Å². The molecule has 0 saturated heterocycles. The van der Waals surface area contributed by atoms with Crippen LogP contribution in [-0.4, -0.2) is 14.8 Å². The molecule has 0 atom stereocenters. The fourth-order valence-electron chi connectivity index (χ4n) is 0.946. The van der Waals surface area contributed by atoms with Gasteiger partial charge in [-0.25, -0.2) is 9.67 Å². The summed E-state index contributed by atoms with van der Waals surface area (Å²) < 4.78 is 1.76. The molecule has 0 aromatic carbocycles. The number of aryl methyl sites for hydroxylation is 1. The standard InChI is InChI=1S/C9H13N3/c1-4-6-9(5-2)12-7-10-8(3)11-12/h4-7H,1-3H3/b6-4-,9-5+. The number of allylic oxidation sites excluding steroid dienone is 4. The fourth-order valence-corrected chi connectivity index (χ4v) is 0.946. The van der Waals surface area contributed by atoms with E-state index in [0.717, 1.165) is 11.5 Å². The molecule has 0 aliphatic carbocycles. The van der Waals surface area contributed by atoms with Crippen molar-refractivity contribution in [2.45, 2.75) is 20.8 Å². The molecule has 0 fully saturated rings. The van der Waals surface area contributed by atoms with E-state index in [1.165, 1.54) is 0 Å². The molecular weight excluding hydrogens is 150 g/mol. The highest BCUT2D eigenvalue weighted by molar-refractivity contribution is 5.54. The smallest absolute Gasteiger partial charge is 0.147 e. The van der Waals surface area contributed by atoms with Crippen molar-refractivity contribution in [2.75, 3.05) is 0 Å². The van der Waals surface area contributed by atoms with E-state index in [9.17, 15) is 0 Å². The summed E-state index contributed by atoms with van der Waals surface area (Å²) in [5.74, 6) is 0.791. The monoisotopic (exact) mass is 163 g/mol. The SMILES string of the molecule is C/C=C\C(=C/C)n1cnc(C)n1. The Bertz CT molecular complexity index is 307. The molecule has 0 radical (unpaired) electrons. The summed E-state index contributed by atoms with van der Waals surface area (Å²) in [6.45, 7) is 5.83. The molecule has 0 spiro atoms. The Morgan fingerprint density at radius 3 is 2.67 bits per heavy atom. The van der Waals surface area contributed by atoms with Crippen molar-refractivity contribution in [1.82, 2.24) is 14.8 Å². The number of hydrogen-bond acceptors (Lipinski definition) is 2. The predicted molar refractivity (Wildman–Crippen MR) is 49.5 cm³/mol. The average Bonchev–Trinajstić information content (AvgIpc) is 2.47. The summed E-state index contributed by atoms with van der Waals surface area (Å²) in [6.07, 6.45) is 7.68. The second-order valence-corrected chi connectivity index (χ2v) is 2.45. The van der Waals surface area contributed by atoms with Crippen LogP contribution in [0.2, 0.25) is 0 Å². The molecule has 0 aliphatic rings. The molecule has 0 N–H and O–H groups in total. The highest BCUT2D eigenvalue weighted by Gasteiger charge is 1.96. The molecule has 3 heteroatoms. The van der Waals surface area contributed by atoms with Gasteiger partial charge in [-0.3, -0.25) is 0 Å². The van der Waals surface area contributed by atoms with E-state index < -0.39 is 0 Å². The van der Waals surface area contributed by atoms with E-state index in [1.807, 2.05) is 39.0 Å². The first-order chi connectivity index (χ1) is 5.77. The lowest BCUT2D eigenvalue weighted by molar-refractivity contribution is 0.888. The zero-order valence-electron chi connectivity index (χ0n) is 7.65. The first-order valence-corrected chi connectivity index (χ1v) is 3.95. The first kappa shape index (κ1) is 8.71. The predicted octanol–water partition coefficient (Wildman–Crippen LogP) is 2.02. The third-order valence-electron chi connectivity index (χ3n) is 1.50. The van der Waals surface area contributed by atoms with Crippen LogP contribution in [0.5, 0.6) is 0 Å². The molecule has 1 rings (SSSR count). The largest absolute Gasteiger partial charge is 0.221 e. The van der Waals surface area contributed by atoms with Gasteiger partial charge in [0.15, 0.2) is 0 Å². The van der Waals surface area contributed by atoms with Crippen molar-refractivity contribution >= 4 is 5.70 Å². The van der Waals surface area contributed by atoms with Crippen LogP contribution in [0, 0.1) is 6.92 Å². The molecule has 12 heavy (non-hydrogen) atoms. The van der Waals surface area contributed by atoms with E-state index in [2.05, 4.69) is 10.1 Å². The van der Waals surface area contributed by atoms with Gasteiger partial charge in [-0.1, -0.05) is 12.2 Å². The second kappa shape index (κ2) is 3.85. The lowest BCUT2D eigenvalue weighted by atomic mass is 10.4. The van der Waals surface area contributed by atoms with Crippen LogP contribution < -0.4 is 0 Å². The maximum absolute atomic E-state index is 4.19. The molecule has 0 unspecified atom stereocenters. The van der Waals surface area contributed by atoms with Gasteiger partial charge >= 0.3 is 0 Å². The summed E-state index contributed by atoms with van der Waals surface area (Å²) in [7, 11) is 0. The van der Waals surface area contributed by atoms with Crippen molar-refractivity contribution in [3.05, 3.63) is 30.4 Å². The van der Waals surface area contributed by atoms with Gasteiger partial charge in [0.25, 0.3) is 0 Å². The summed E-state index contributed by atoms with van der Waals surface area (Å²) in [6, 6.07) is 0. The Morgan fingerprint density at radius 2 is 2.25 bits per heavy atom. The van der Waals surface area contributed by atoms with Crippen molar-refractivity contribution in [3.8, 4) is 0 Å². The molecule has 0 amide bonds. The minimum absolute atomic E-state index is 0.791. The van der Waals surface area contributed by atoms with Crippen molar-refractivity contribution in [1.29, 1.82) is 0 Å². The molecular formula is C9H13N3. The normalized spacial score (nSPS) is 12.8. The summed E-state index contributed by atoms with van der Waals surface area (Å²) in [5, 5.41) is 4.19. The van der Waals surface area contributed by atoms with Crippen LogP contribution in [0.4, 0.5) is 0 Å². The van der Waals surface area contributed by atoms with Crippen LogP contribution >= 0.6 is 0 Å². The molecule has 1 aromatic rings. The van der Waals surface area contributed by atoms with Crippen LogP contribution in [0.15, 0.2) is 24.6 Å². The third-order valence-corrected chi connectivity index (χ3v) is 1.50. The Kier molecular flexibility index (Phi) is 2.80. The fraction of sp³-hybridized carbons (Fsp3) is 0.333. The highest BCUT2D eigenvalue weighted by Crippen LogP contribution is 2.03. The van der Waals surface area contributed by atoms with Crippen molar-refractivity contribution < 1.29 is 0 Å². The minimum Gasteiger partial charge on any atom is -0.221 e. The summed E-state index contributed by atoms with van der Waals surface area (Å²) in [4.78, 5) is 4.04. The Morgan fingerprint density at radius 1 is 1.50 bits per heavy atom. The molecule has 0 bridgehead atoms. The number of nitrogens with zero attached hydrogens (tertiary/aromatic N) is 3. The molecule has 0 aliphatic heterocycles. The van der Waals surface area contributed by atoms with E-state index in [1.54, 1.807) is 11.0 Å². The summed E-state index contributed by atoms with van der Waals surface area (Å²) in [5.41, 5.74) is 1.04. The third kappa shape index (κ3) is 1.81. The molecule has 3 nitrogen and oxygen atoms in total. The van der Waals surface area contributed by atoms with Crippen molar-refractivity contribution in [3.63, 3.8) is 0 Å². The molecule has 1 heterocycles. The first-order valence-electron chi connectivity index (χ1n) is 3.95. The topological polar surface area (TPSA) is 30.7 Å². The van der Waals surface area contributed by atoms with Gasteiger partial charge in [-0.2, -0.15) is 5.10 Å². The Hall–Kier alpha value is -1.38. The molecule has 1 aromatic heterocycles. The quantitative estimate of drug-likeness (QED) is 0.624. The summed E-state index contributed by atoms with van der Waals surface area (Å²) >= 11 is 0. The molecule has 64 valence electrons. The zero-order chi connectivity index (χ0) is 8.97. The van der Waals surface area contributed by atoms with E-state index in [4.69, 9.17) is 0 Å². The minimum atomic E-state index is 0.791.